The second-order valence-corrected chi connectivity index (χ2v) is 4.77. The number of carbonyl (C=O) groups is 2. The summed E-state index contributed by atoms with van der Waals surface area (Å²) in [6.45, 7) is 5.52. The summed E-state index contributed by atoms with van der Waals surface area (Å²) < 4.78 is 5.32. The molecule has 1 saturated heterocycles. The third-order valence-electron chi connectivity index (χ3n) is 3.30. The topological polar surface area (TPSA) is 70.7 Å². The van der Waals surface area contributed by atoms with Crippen molar-refractivity contribution in [3.63, 3.8) is 0 Å². The van der Waals surface area contributed by atoms with Crippen molar-refractivity contribution in [1.29, 1.82) is 0 Å². The van der Waals surface area contributed by atoms with E-state index in [9.17, 15) is 9.59 Å². The molecule has 0 radical (unpaired) electrons. The van der Waals surface area contributed by atoms with Gasteiger partial charge in [-0.1, -0.05) is 0 Å². The molecular formula is C15H21N3O3. The van der Waals surface area contributed by atoms with Gasteiger partial charge in [0.2, 0.25) is 5.91 Å². The van der Waals surface area contributed by atoms with Gasteiger partial charge >= 0.3 is 0 Å². The molecule has 1 aliphatic rings. The zero-order valence-corrected chi connectivity index (χ0v) is 12.2. The van der Waals surface area contributed by atoms with E-state index >= 15 is 0 Å². The quantitative estimate of drug-likeness (QED) is 0.816. The van der Waals surface area contributed by atoms with Crippen LogP contribution in [0.2, 0.25) is 0 Å². The Morgan fingerprint density at radius 3 is 2.52 bits per heavy atom. The molecule has 21 heavy (non-hydrogen) atoms. The second kappa shape index (κ2) is 7.64. The average molecular weight is 291 g/mol. The summed E-state index contributed by atoms with van der Waals surface area (Å²) in [6.07, 6.45) is 0. The average Bonchev–Trinajstić information content (AvgIpc) is 2.54. The monoisotopic (exact) mass is 291 g/mol. The fourth-order valence-electron chi connectivity index (χ4n) is 2.15. The van der Waals surface area contributed by atoms with Crippen LogP contribution in [0, 0.1) is 0 Å². The maximum atomic E-state index is 12.0. The first-order valence-corrected chi connectivity index (χ1v) is 7.20. The Kier molecular flexibility index (Phi) is 5.57. The standard InChI is InChI=1S/C15H21N3O3/c1-2-21-13-5-3-12(4-6-13)15(20)17-11-14(19)18-9-7-16-8-10-18/h3-6,16H,2,7-11H2,1H3,(H,17,20). The molecule has 0 spiro atoms. The van der Waals surface area contributed by atoms with Crippen molar-refractivity contribution in [1.82, 2.24) is 15.5 Å². The van der Waals surface area contributed by atoms with Gasteiger partial charge in [-0.15, -0.1) is 0 Å². The number of piperazine rings is 1. The minimum absolute atomic E-state index is 0.0338. The lowest BCUT2D eigenvalue weighted by Crippen LogP contribution is -2.49. The Labute approximate surface area is 124 Å². The molecule has 2 amide bonds. The van der Waals surface area contributed by atoms with E-state index in [1.54, 1.807) is 29.2 Å². The first-order valence-electron chi connectivity index (χ1n) is 7.20. The summed E-state index contributed by atoms with van der Waals surface area (Å²) in [5.74, 6) is 0.434. The third-order valence-corrected chi connectivity index (χ3v) is 3.30. The molecule has 2 rings (SSSR count). The summed E-state index contributed by atoms with van der Waals surface area (Å²) in [7, 11) is 0. The van der Waals surface area contributed by atoms with E-state index in [4.69, 9.17) is 4.74 Å². The van der Waals surface area contributed by atoms with Crippen LogP contribution in [-0.2, 0) is 4.79 Å². The number of nitrogens with one attached hydrogen (secondary N) is 2. The van der Waals surface area contributed by atoms with Gasteiger partial charge < -0.3 is 20.3 Å². The van der Waals surface area contributed by atoms with Gasteiger partial charge in [-0.3, -0.25) is 9.59 Å². The molecule has 1 fully saturated rings. The number of ether oxygens (including phenoxy) is 1. The van der Waals surface area contributed by atoms with Gasteiger partial charge in [0.05, 0.1) is 13.2 Å². The van der Waals surface area contributed by atoms with Gasteiger partial charge in [0.1, 0.15) is 5.75 Å². The lowest BCUT2D eigenvalue weighted by atomic mass is 10.2. The lowest BCUT2D eigenvalue weighted by Gasteiger charge is -2.27. The summed E-state index contributed by atoms with van der Waals surface area (Å²) >= 11 is 0. The number of hydrogen-bond donors (Lipinski definition) is 2. The minimum atomic E-state index is -0.249. The zero-order chi connectivity index (χ0) is 15.1. The molecule has 1 aliphatic heterocycles. The Hall–Kier alpha value is -2.08. The number of hydrogen-bond acceptors (Lipinski definition) is 4. The van der Waals surface area contributed by atoms with Crippen LogP contribution < -0.4 is 15.4 Å². The van der Waals surface area contributed by atoms with Crippen LogP contribution in [0.15, 0.2) is 24.3 Å². The molecule has 1 heterocycles. The van der Waals surface area contributed by atoms with Crippen LogP contribution >= 0.6 is 0 Å². The highest BCUT2D eigenvalue weighted by atomic mass is 16.5. The van der Waals surface area contributed by atoms with Crippen LogP contribution in [-0.4, -0.2) is 56.0 Å². The molecular weight excluding hydrogens is 270 g/mol. The second-order valence-electron chi connectivity index (χ2n) is 4.77. The fraction of sp³-hybridized carbons (Fsp3) is 0.467. The molecule has 114 valence electrons. The summed E-state index contributed by atoms with van der Waals surface area (Å²) in [6, 6.07) is 6.87. The molecule has 0 saturated carbocycles. The van der Waals surface area contributed by atoms with Crippen molar-refractivity contribution in [2.45, 2.75) is 6.92 Å². The molecule has 2 N–H and O–H groups in total. The highest BCUT2D eigenvalue weighted by Crippen LogP contribution is 2.11. The van der Waals surface area contributed by atoms with Crippen molar-refractivity contribution in [3.8, 4) is 5.75 Å². The highest BCUT2D eigenvalue weighted by molar-refractivity contribution is 5.96. The molecule has 6 heteroatoms. The van der Waals surface area contributed by atoms with Gasteiger partial charge in [0.15, 0.2) is 0 Å². The van der Waals surface area contributed by atoms with Gasteiger partial charge in [0.25, 0.3) is 5.91 Å². The van der Waals surface area contributed by atoms with E-state index in [1.165, 1.54) is 0 Å². The molecule has 0 atom stereocenters. The fourth-order valence-corrected chi connectivity index (χ4v) is 2.15. The Morgan fingerprint density at radius 2 is 1.90 bits per heavy atom. The SMILES string of the molecule is CCOc1ccc(C(=O)NCC(=O)N2CCNCC2)cc1. The molecule has 1 aromatic rings. The predicted molar refractivity (Wildman–Crippen MR) is 79.4 cm³/mol. The Morgan fingerprint density at radius 1 is 1.24 bits per heavy atom. The largest absolute Gasteiger partial charge is 0.494 e. The number of carbonyl (C=O) groups excluding carboxylic acids is 2. The molecule has 0 aliphatic carbocycles. The van der Waals surface area contributed by atoms with Crippen LogP contribution in [0.5, 0.6) is 5.75 Å². The van der Waals surface area contributed by atoms with Crippen molar-refractivity contribution in [2.24, 2.45) is 0 Å². The van der Waals surface area contributed by atoms with Crippen LogP contribution in [0.25, 0.3) is 0 Å². The van der Waals surface area contributed by atoms with Crippen molar-refractivity contribution >= 4 is 11.8 Å². The molecule has 6 nitrogen and oxygen atoms in total. The van der Waals surface area contributed by atoms with Crippen LogP contribution in [0.4, 0.5) is 0 Å². The van der Waals surface area contributed by atoms with E-state index in [2.05, 4.69) is 10.6 Å². The number of nitrogens with zero attached hydrogens (tertiary/aromatic N) is 1. The first kappa shape index (κ1) is 15.3. The van der Waals surface area contributed by atoms with E-state index in [-0.39, 0.29) is 18.4 Å². The maximum absolute atomic E-state index is 12.0. The van der Waals surface area contributed by atoms with Gasteiger partial charge in [0, 0.05) is 31.7 Å². The molecule has 1 aromatic carbocycles. The Bertz CT molecular complexity index is 481. The number of benzene rings is 1. The summed E-state index contributed by atoms with van der Waals surface area (Å²) in [5, 5.41) is 5.84. The third kappa shape index (κ3) is 4.46. The summed E-state index contributed by atoms with van der Waals surface area (Å²) in [4.78, 5) is 25.7. The van der Waals surface area contributed by atoms with Crippen LogP contribution in [0.1, 0.15) is 17.3 Å². The van der Waals surface area contributed by atoms with E-state index in [0.29, 0.717) is 25.3 Å². The number of rotatable bonds is 5. The summed E-state index contributed by atoms with van der Waals surface area (Å²) in [5.41, 5.74) is 0.520. The highest BCUT2D eigenvalue weighted by Gasteiger charge is 2.16. The van der Waals surface area contributed by atoms with Crippen molar-refractivity contribution in [3.05, 3.63) is 29.8 Å². The van der Waals surface area contributed by atoms with Crippen LogP contribution in [0.3, 0.4) is 0 Å². The zero-order valence-electron chi connectivity index (χ0n) is 12.2. The Balaban J connectivity index is 1.82. The van der Waals surface area contributed by atoms with Gasteiger partial charge in [-0.2, -0.15) is 0 Å². The van der Waals surface area contributed by atoms with Crippen molar-refractivity contribution in [2.75, 3.05) is 39.3 Å². The molecule has 0 bridgehead atoms. The van der Waals surface area contributed by atoms with E-state index in [0.717, 1.165) is 18.8 Å². The smallest absolute Gasteiger partial charge is 0.251 e. The lowest BCUT2D eigenvalue weighted by molar-refractivity contribution is -0.130. The van der Waals surface area contributed by atoms with Crippen molar-refractivity contribution < 1.29 is 14.3 Å². The minimum Gasteiger partial charge on any atom is -0.494 e. The first-order chi connectivity index (χ1) is 10.2. The van der Waals surface area contributed by atoms with E-state index in [1.807, 2.05) is 6.92 Å². The molecule has 0 unspecified atom stereocenters. The predicted octanol–water partition coefficient (Wildman–Crippen LogP) is 0.247. The van der Waals surface area contributed by atoms with E-state index < -0.39 is 0 Å². The maximum Gasteiger partial charge on any atom is 0.251 e. The van der Waals surface area contributed by atoms with Gasteiger partial charge in [-0.25, -0.2) is 0 Å². The number of amides is 2. The van der Waals surface area contributed by atoms with Gasteiger partial charge in [-0.05, 0) is 31.2 Å². The molecule has 0 aromatic heterocycles. The normalized spacial score (nSPS) is 14.6.